The van der Waals surface area contributed by atoms with E-state index in [9.17, 15) is 18.0 Å². The minimum Gasteiger partial charge on any atom is -0.349 e. The average molecular weight is 509 g/mol. The van der Waals surface area contributed by atoms with E-state index in [1.807, 2.05) is 0 Å². The molecule has 1 amide bonds. The van der Waals surface area contributed by atoms with Gasteiger partial charge in [-0.15, -0.1) is 0 Å². The summed E-state index contributed by atoms with van der Waals surface area (Å²) >= 11 is 0. The van der Waals surface area contributed by atoms with Crippen LogP contribution in [0.5, 0.6) is 0 Å². The number of nitrogens with one attached hydrogen (secondary N) is 1. The van der Waals surface area contributed by atoms with Gasteiger partial charge in [-0.25, -0.2) is 0 Å². The number of alkyl halides is 3. The Hall–Kier alpha value is -3.12. The molecule has 0 radical (unpaired) electrons. The Balaban J connectivity index is 1.29. The fourth-order valence-corrected chi connectivity index (χ4v) is 5.11. The van der Waals surface area contributed by atoms with Gasteiger partial charge in [0.1, 0.15) is 0 Å². The SMILES string of the molecule is CC(C)(CCCN1CCC(NC(=O)c2ccccc2-c2ccc(C(F)(F)F)cc2)CC1)c1ccccc1. The van der Waals surface area contributed by atoms with Crippen molar-refractivity contribution in [2.45, 2.75) is 57.2 Å². The molecule has 0 saturated carbocycles. The lowest BCUT2D eigenvalue weighted by atomic mass is 9.80. The maximum Gasteiger partial charge on any atom is 0.416 e. The van der Waals surface area contributed by atoms with E-state index in [2.05, 4.69) is 54.4 Å². The van der Waals surface area contributed by atoms with Gasteiger partial charge in [0.05, 0.1) is 5.56 Å². The van der Waals surface area contributed by atoms with Crippen LogP contribution in [0.3, 0.4) is 0 Å². The van der Waals surface area contributed by atoms with Gasteiger partial charge in [-0.2, -0.15) is 13.2 Å². The monoisotopic (exact) mass is 508 g/mol. The van der Waals surface area contributed by atoms with Crippen LogP contribution >= 0.6 is 0 Å². The van der Waals surface area contributed by atoms with Gasteiger partial charge in [0.2, 0.25) is 0 Å². The van der Waals surface area contributed by atoms with Gasteiger partial charge < -0.3 is 10.2 Å². The standard InChI is InChI=1S/C31H35F3N2O/c1-30(2,24-9-4-3-5-10-24)19-8-20-36-21-17-26(18-22-36)35-29(37)28-12-7-6-11-27(28)23-13-15-25(16-14-23)31(32,33)34/h3-7,9-16,26H,8,17-22H2,1-2H3,(H,35,37). The summed E-state index contributed by atoms with van der Waals surface area (Å²) in [5, 5.41) is 3.16. The molecule has 3 nitrogen and oxygen atoms in total. The first-order valence-electron chi connectivity index (χ1n) is 13.0. The van der Waals surface area contributed by atoms with E-state index in [4.69, 9.17) is 0 Å². The molecule has 1 aliphatic heterocycles. The maximum atomic E-state index is 13.1. The Morgan fingerprint density at radius 1 is 0.865 bits per heavy atom. The molecule has 6 heteroatoms. The van der Waals surface area contributed by atoms with Gasteiger partial charge in [-0.1, -0.05) is 74.5 Å². The molecule has 1 fully saturated rings. The number of piperidine rings is 1. The van der Waals surface area contributed by atoms with Crippen LogP contribution in [0, 0.1) is 0 Å². The van der Waals surface area contributed by atoms with E-state index in [0.717, 1.165) is 57.5 Å². The van der Waals surface area contributed by atoms with E-state index in [1.54, 1.807) is 24.3 Å². The number of likely N-dealkylation sites (tertiary alicyclic amines) is 1. The zero-order valence-corrected chi connectivity index (χ0v) is 21.5. The molecule has 0 unspecified atom stereocenters. The third-order valence-corrected chi connectivity index (χ3v) is 7.45. The van der Waals surface area contributed by atoms with Crippen LogP contribution < -0.4 is 5.32 Å². The van der Waals surface area contributed by atoms with Crippen molar-refractivity contribution < 1.29 is 18.0 Å². The van der Waals surface area contributed by atoms with Crippen LogP contribution in [0.15, 0.2) is 78.9 Å². The lowest BCUT2D eigenvalue weighted by Crippen LogP contribution is -2.45. The van der Waals surface area contributed by atoms with Crippen LogP contribution in [-0.2, 0) is 11.6 Å². The Morgan fingerprint density at radius 3 is 2.14 bits per heavy atom. The van der Waals surface area contributed by atoms with E-state index < -0.39 is 11.7 Å². The van der Waals surface area contributed by atoms with Crippen molar-refractivity contribution in [3.63, 3.8) is 0 Å². The normalized spacial score (nSPS) is 15.5. The summed E-state index contributed by atoms with van der Waals surface area (Å²) in [6, 6.07) is 22.8. The molecule has 3 aromatic rings. The predicted molar refractivity (Wildman–Crippen MR) is 143 cm³/mol. The van der Waals surface area contributed by atoms with Crippen molar-refractivity contribution in [2.75, 3.05) is 19.6 Å². The molecule has 0 aromatic heterocycles. The van der Waals surface area contributed by atoms with Crippen molar-refractivity contribution in [1.29, 1.82) is 0 Å². The fraction of sp³-hybridized carbons (Fsp3) is 0.387. The van der Waals surface area contributed by atoms with Crippen LogP contribution in [0.25, 0.3) is 11.1 Å². The molecule has 0 aliphatic carbocycles. The molecule has 0 spiro atoms. The predicted octanol–water partition coefficient (Wildman–Crippen LogP) is 7.32. The lowest BCUT2D eigenvalue weighted by molar-refractivity contribution is -0.137. The van der Waals surface area contributed by atoms with Gasteiger partial charge in [-0.05, 0) is 72.5 Å². The van der Waals surface area contributed by atoms with Crippen molar-refractivity contribution in [1.82, 2.24) is 10.2 Å². The first-order valence-corrected chi connectivity index (χ1v) is 13.0. The Kier molecular flexibility index (Phi) is 8.38. The molecule has 3 aromatic carbocycles. The van der Waals surface area contributed by atoms with Crippen LogP contribution in [0.1, 0.15) is 61.0 Å². The molecule has 196 valence electrons. The number of amides is 1. The molecular formula is C31H35F3N2O. The number of halogens is 3. The zero-order valence-electron chi connectivity index (χ0n) is 21.5. The molecule has 0 atom stereocenters. The molecule has 1 saturated heterocycles. The molecule has 1 heterocycles. The smallest absolute Gasteiger partial charge is 0.349 e. The zero-order chi connectivity index (χ0) is 26.5. The summed E-state index contributed by atoms with van der Waals surface area (Å²) in [4.78, 5) is 15.6. The summed E-state index contributed by atoms with van der Waals surface area (Å²) in [7, 11) is 0. The first-order chi connectivity index (χ1) is 17.6. The summed E-state index contributed by atoms with van der Waals surface area (Å²) in [6.07, 6.45) is -0.372. The van der Waals surface area contributed by atoms with E-state index in [-0.39, 0.29) is 17.4 Å². The first kappa shape index (κ1) is 26.9. The number of hydrogen-bond acceptors (Lipinski definition) is 2. The molecule has 37 heavy (non-hydrogen) atoms. The quantitative estimate of drug-likeness (QED) is 0.346. The topological polar surface area (TPSA) is 32.3 Å². The van der Waals surface area contributed by atoms with Gasteiger partial charge >= 0.3 is 6.18 Å². The van der Waals surface area contributed by atoms with Crippen LogP contribution in [-0.4, -0.2) is 36.5 Å². The highest BCUT2D eigenvalue weighted by molar-refractivity contribution is 6.01. The number of benzene rings is 3. The van der Waals surface area contributed by atoms with Crippen molar-refractivity contribution in [3.8, 4) is 11.1 Å². The van der Waals surface area contributed by atoms with E-state index in [0.29, 0.717) is 16.7 Å². The molecule has 1 N–H and O–H groups in total. The van der Waals surface area contributed by atoms with Gasteiger partial charge in [0.25, 0.3) is 5.91 Å². The second kappa shape index (κ2) is 11.5. The summed E-state index contributed by atoms with van der Waals surface area (Å²) in [6.45, 7) is 7.53. The minimum absolute atomic E-state index is 0.0881. The average Bonchev–Trinajstić information content (AvgIpc) is 2.90. The van der Waals surface area contributed by atoms with Crippen LogP contribution in [0.4, 0.5) is 13.2 Å². The number of carbonyl (C=O) groups is 1. The number of hydrogen-bond donors (Lipinski definition) is 1. The van der Waals surface area contributed by atoms with Gasteiger partial charge in [0.15, 0.2) is 0 Å². The number of rotatable bonds is 8. The highest BCUT2D eigenvalue weighted by Crippen LogP contribution is 2.32. The maximum absolute atomic E-state index is 13.1. The minimum atomic E-state index is -4.39. The summed E-state index contributed by atoms with van der Waals surface area (Å²) < 4.78 is 38.8. The van der Waals surface area contributed by atoms with Crippen LogP contribution in [0.2, 0.25) is 0 Å². The fourth-order valence-electron chi connectivity index (χ4n) is 5.11. The van der Waals surface area contributed by atoms with Gasteiger partial charge in [-0.3, -0.25) is 4.79 Å². The molecule has 4 rings (SSSR count). The Labute approximate surface area is 217 Å². The highest BCUT2D eigenvalue weighted by atomic mass is 19.4. The molecule has 0 bridgehead atoms. The van der Waals surface area contributed by atoms with Crippen molar-refractivity contribution >= 4 is 5.91 Å². The third kappa shape index (κ3) is 7.01. The Morgan fingerprint density at radius 2 is 1.49 bits per heavy atom. The van der Waals surface area contributed by atoms with Gasteiger partial charge in [0, 0.05) is 24.7 Å². The molecular weight excluding hydrogens is 473 g/mol. The number of nitrogens with zero attached hydrogens (tertiary/aromatic N) is 1. The largest absolute Gasteiger partial charge is 0.416 e. The van der Waals surface area contributed by atoms with Crippen molar-refractivity contribution in [3.05, 3.63) is 95.6 Å². The second-order valence-corrected chi connectivity index (χ2v) is 10.6. The summed E-state index contributed by atoms with van der Waals surface area (Å²) in [5.41, 5.74) is 2.52. The second-order valence-electron chi connectivity index (χ2n) is 10.6. The van der Waals surface area contributed by atoms with Crippen molar-refractivity contribution in [2.24, 2.45) is 0 Å². The Bertz CT molecular complexity index is 1170. The molecule has 1 aliphatic rings. The highest BCUT2D eigenvalue weighted by Gasteiger charge is 2.30. The number of carbonyl (C=O) groups excluding carboxylic acids is 1. The van der Waals surface area contributed by atoms with E-state index >= 15 is 0 Å². The van der Waals surface area contributed by atoms with E-state index in [1.165, 1.54) is 17.7 Å². The lowest BCUT2D eigenvalue weighted by Gasteiger charge is -2.33. The summed E-state index contributed by atoms with van der Waals surface area (Å²) in [5.74, 6) is -0.182. The third-order valence-electron chi connectivity index (χ3n) is 7.45.